The third-order valence-corrected chi connectivity index (χ3v) is 2.75. The van der Waals surface area contributed by atoms with E-state index in [1.807, 2.05) is 6.92 Å². The number of hydrogen-bond donors (Lipinski definition) is 0. The molecule has 0 aliphatic carbocycles. The molecule has 0 radical (unpaired) electrons. The van der Waals surface area contributed by atoms with Gasteiger partial charge in [0, 0.05) is 6.42 Å². The molecular formula is C15H17F3O. The zero-order valence-electron chi connectivity index (χ0n) is 11.3. The van der Waals surface area contributed by atoms with Crippen LogP contribution in [0.25, 0.3) is 0 Å². The van der Waals surface area contributed by atoms with Crippen molar-refractivity contribution in [2.45, 2.75) is 39.3 Å². The number of alkyl halides is 3. The molecule has 0 aromatic heterocycles. The first kappa shape index (κ1) is 15.4. The molecule has 1 nitrogen and oxygen atoms in total. The second-order valence-electron chi connectivity index (χ2n) is 4.22. The van der Waals surface area contributed by atoms with Crippen LogP contribution < -0.4 is 4.74 Å². The second-order valence-corrected chi connectivity index (χ2v) is 4.22. The van der Waals surface area contributed by atoms with Crippen LogP contribution in [0, 0.1) is 11.8 Å². The van der Waals surface area contributed by atoms with E-state index in [0.717, 1.165) is 12.1 Å². The Morgan fingerprint density at radius 1 is 1.32 bits per heavy atom. The van der Waals surface area contributed by atoms with Gasteiger partial charge in [-0.3, -0.25) is 0 Å². The highest BCUT2D eigenvalue weighted by Gasteiger charge is 2.31. The van der Waals surface area contributed by atoms with E-state index in [-0.39, 0.29) is 5.92 Å². The average Bonchev–Trinajstić information content (AvgIpc) is 2.35. The quantitative estimate of drug-likeness (QED) is 0.725. The molecule has 0 aliphatic rings. The molecule has 1 unspecified atom stereocenters. The molecule has 0 N–H and O–H groups in total. The standard InChI is InChI=1S/C15H17F3O/c1-4-6-7-11(3)13-10-12(15(16,17)18)8-9-14(13)19-5-2/h8-11H,5,7H2,1-3H3. The summed E-state index contributed by atoms with van der Waals surface area (Å²) in [6.07, 6.45) is -3.83. The first-order chi connectivity index (χ1) is 8.90. The Balaban J connectivity index is 3.17. The van der Waals surface area contributed by atoms with E-state index in [4.69, 9.17) is 4.74 Å². The van der Waals surface area contributed by atoms with E-state index < -0.39 is 11.7 Å². The van der Waals surface area contributed by atoms with Crippen LogP contribution in [0.1, 0.15) is 44.2 Å². The molecule has 0 saturated heterocycles. The summed E-state index contributed by atoms with van der Waals surface area (Å²) >= 11 is 0. The van der Waals surface area contributed by atoms with Crippen LogP contribution in [0.3, 0.4) is 0 Å². The highest BCUT2D eigenvalue weighted by molar-refractivity contribution is 5.41. The summed E-state index contributed by atoms with van der Waals surface area (Å²) < 4.78 is 43.6. The molecule has 0 spiro atoms. The Morgan fingerprint density at radius 3 is 2.53 bits per heavy atom. The summed E-state index contributed by atoms with van der Waals surface area (Å²) in [5, 5.41) is 0. The van der Waals surface area contributed by atoms with Crippen LogP contribution in [0.4, 0.5) is 13.2 Å². The normalized spacial score (nSPS) is 12.5. The fourth-order valence-corrected chi connectivity index (χ4v) is 1.76. The van der Waals surface area contributed by atoms with Gasteiger partial charge in [0.2, 0.25) is 0 Å². The summed E-state index contributed by atoms with van der Waals surface area (Å²) in [6.45, 7) is 5.78. The third kappa shape index (κ3) is 4.20. The van der Waals surface area contributed by atoms with Gasteiger partial charge in [-0.15, -0.1) is 11.8 Å². The van der Waals surface area contributed by atoms with Crippen LogP contribution in [-0.4, -0.2) is 6.61 Å². The predicted octanol–water partition coefficient (Wildman–Crippen LogP) is 4.62. The number of hydrogen-bond acceptors (Lipinski definition) is 1. The van der Waals surface area contributed by atoms with Gasteiger partial charge < -0.3 is 4.74 Å². The van der Waals surface area contributed by atoms with Crippen molar-refractivity contribution in [3.05, 3.63) is 29.3 Å². The van der Waals surface area contributed by atoms with Gasteiger partial charge in [0.15, 0.2) is 0 Å². The Morgan fingerprint density at radius 2 is 2.00 bits per heavy atom. The van der Waals surface area contributed by atoms with Crippen molar-refractivity contribution in [1.29, 1.82) is 0 Å². The van der Waals surface area contributed by atoms with Crippen LogP contribution >= 0.6 is 0 Å². The van der Waals surface area contributed by atoms with Crippen LogP contribution in [0.2, 0.25) is 0 Å². The summed E-state index contributed by atoms with van der Waals surface area (Å²) in [7, 11) is 0. The molecule has 1 atom stereocenters. The zero-order valence-corrected chi connectivity index (χ0v) is 11.3. The van der Waals surface area contributed by atoms with Gasteiger partial charge in [-0.2, -0.15) is 13.2 Å². The first-order valence-corrected chi connectivity index (χ1v) is 6.13. The van der Waals surface area contributed by atoms with Gasteiger partial charge in [0.05, 0.1) is 12.2 Å². The summed E-state index contributed by atoms with van der Waals surface area (Å²) in [5.74, 6) is 6.04. The van der Waals surface area contributed by atoms with E-state index in [1.165, 1.54) is 6.07 Å². The van der Waals surface area contributed by atoms with Crippen molar-refractivity contribution >= 4 is 0 Å². The molecule has 1 rings (SSSR count). The maximum absolute atomic E-state index is 12.7. The van der Waals surface area contributed by atoms with E-state index in [1.54, 1.807) is 13.8 Å². The maximum Gasteiger partial charge on any atom is 0.416 e. The van der Waals surface area contributed by atoms with Crippen molar-refractivity contribution in [2.75, 3.05) is 6.61 Å². The number of benzene rings is 1. The minimum absolute atomic E-state index is 0.101. The zero-order chi connectivity index (χ0) is 14.5. The smallest absolute Gasteiger partial charge is 0.416 e. The number of rotatable bonds is 4. The summed E-state index contributed by atoms with van der Waals surface area (Å²) in [6, 6.07) is 3.59. The highest BCUT2D eigenvalue weighted by atomic mass is 19.4. The molecule has 4 heteroatoms. The van der Waals surface area contributed by atoms with Gasteiger partial charge >= 0.3 is 6.18 Å². The van der Waals surface area contributed by atoms with Gasteiger partial charge in [0.25, 0.3) is 0 Å². The van der Waals surface area contributed by atoms with Crippen molar-refractivity contribution in [2.24, 2.45) is 0 Å². The molecular weight excluding hydrogens is 253 g/mol. The molecule has 104 valence electrons. The average molecular weight is 270 g/mol. The van der Waals surface area contributed by atoms with Crippen molar-refractivity contribution in [3.63, 3.8) is 0 Å². The fraction of sp³-hybridized carbons (Fsp3) is 0.467. The SMILES string of the molecule is CC#CCC(C)c1cc(C(F)(F)F)ccc1OCC. The lowest BCUT2D eigenvalue weighted by Gasteiger charge is -2.17. The minimum Gasteiger partial charge on any atom is -0.494 e. The Hall–Kier alpha value is -1.63. The van der Waals surface area contributed by atoms with E-state index in [0.29, 0.717) is 24.3 Å². The molecule has 1 aromatic rings. The van der Waals surface area contributed by atoms with Gasteiger partial charge in [-0.25, -0.2) is 0 Å². The lowest BCUT2D eigenvalue weighted by atomic mass is 9.95. The predicted molar refractivity (Wildman–Crippen MR) is 69.1 cm³/mol. The van der Waals surface area contributed by atoms with Crippen molar-refractivity contribution < 1.29 is 17.9 Å². The highest BCUT2D eigenvalue weighted by Crippen LogP contribution is 2.36. The topological polar surface area (TPSA) is 9.23 Å². The fourth-order valence-electron chi connectivity index (χ4n) is 1.76. The van der Waals surface area contributed by atoms with E-state index in [2.05, 4.69) is 11.8 Å². The molecule has 0 bridgehead atoms. The molecule has 19 heavy (non-hydrogen) atoms. The largest absolute Gasteiger partial charge is 0.494 e. The molecule has 0 amide bonds. The monoisotopic (exact) mass is 270 g/mol. The first-order valence-electron chi connectivity index (χ1n) is 6.13. The second kappa shape index (κ2) is 6.51. The lowest BCUT2D eigenvalue weighted by Crippen LogP contribution is -2.08. The Labute approximate surface area is 111 Å². The molecule has 0 saturated carbocycles. The Bertz CT molecular complexity index is 480. The molecule has 0 aliphatic heterocycles. The number of halogens is 3. The van der Waals surface area contributed by atoms with Gasteiger partial charge in [-0.1, -0.05) is 6.92 Å². The van der Waals surface area contributed by atoms with Crippen molar-refractivity contribution in [3.8, 4) is 17.6 Å². The molecule has 0 heterocycles. The summed E-state index contributed by atoms with van der Waals surface area (Å²) in [4.78, 5) is 0. The van der Waals surface area contributed by atoms with Gasteiger partial charge in [0.1, 0.15) is 5.75 Å². The van der Waals surface area contributed by atoms with Crippen LogP contribution in [0.15, 0.2) is 18.2 Å². The molecule has 1 aromatic carbocycles. The van der Waals surface area contributed by atoms with Crippen molar-refractivity contribution in [1.82, 2.24) is 0 Å². The minimum atomic E-state index is -4.34. The molecule has 0 fully saturated rings. The van der Waals surface area contributed by atoms with Crippen LogP contribution in [0.5, 0.6) is 5.75 Å². The third-order valence-electron chi connectivity index (χ3n) is 2.75. The van der Waals surface area contributed by atoms with E-state index >= 15 is 0 Å². The van der Waals surface area contributed by atoms with Gasteiger partial charge in [-0.05, 0) is 43.5 Å². The Kier molecular flexibility index (Phi) is 5.29. The van der Waals surface area contributed by atoms with E-state index in [9.17, 15) is 13.2 Å². The maximum atomic E-state index is 12.7. The number of ether oxygens (including phenoxy) is 1. The lowest BCUT2D eigenvalue weighted by molar-refractivity contribution is -0.137. The summed E-state index contributed by atoms with van der Waals surface area (Å²) in [5.41, 5.74) is -0.0957. The van der Waals surface area contributed by atoms with Crippen LogP contribution in [-0.2, 0) is 6.18 Å².